The van der Waals surface area contributed by atoms with Gasteiger partial charge in [-0.05, 0) is 24.3 Å². The molecule has 0 aliphatic carbocycles. The standard InChI is InChI=1S/C20H20F2N6OS/c1-27(2)17-8-4-13(11-24-17)3-5-15-6-7-16(30-15)12-28-18(25-26-20(28)29)9-14(10-23)19(21)22/h4,6-8,11H,9-10,12,23H2,1-2H3,(H,26,29). The summed E-state index contributed by atoms with van der Waals surface area (Å²) < 4.78 is 27.1. The summed E-state index contributed by atoms with van der Waals surface area (Å²) in [6, 6.07) is 7.49. The van der Waals surface area contributed by atoms with Gasteiger partial charge in [0.25, 0.3) is 6.08 Å². The van der Waals surface area contributed by atoms with Gasteiger partial charge in [-0.2, -0.15) is 13.9 Å². The van der Waals surface area contributed by atoms with Crippen LogP contribution >= 0.6 is 11.3 Å². The number of aromatic nitrogens is 4. The van der Waals surface area contributed by atoms with Crippen LogP contribution in [0.3, 0.4) is 0 Å². The second kappa shape index (κ2) is 9.47. The van der Waals surface area contributed by atoms with Gasteiger partial charge in [-0.1, -0.05) is 11.8 Å². The van der Waals surface area contributed by atoms with Crippen LogP contribution in [0.25, 0.3) is 0 Å². The summed E-state index contributed by atoms with van der Waals surface area (Å²) in [5.74, 6) is 7.19. The molecule has 0 unspecified atom stereocenters. The van der Waals surface area contributed by atoms with E-state index in [-0.39, 0.29) is 30.9 Å². The predicted molar refractivity (Wildman–Crippen MR) is 113 cm³/mol. The van der Waals surface area contributed by atoms with Crippen LogP contribution in [0.15, 0.2) is 46.9 Å². The first kappa shape index (κ1) is 21.4. The molecule has 3 heterocycles. The number of nitrogens with two attached hydrogens (primary N) is 1. The molecule has 3 aromatic rings. The van der Waals surface area contributed by atoms with E-state index in [1.54, 1.807) is 6.20 Å². The minimum absolute atomic E-state index is 0.189. The largest absolute Gasteiger partial charge is 0.363 e. The third kappa shape index (κ3) is 5.20. The molecule has 3 rings (SSSR count). The predicted octanol–water partition coefficient (Wildman–Crippen LogP) is 2.19. The molecular weight excluding hydrogens is 410 g/mol. The molecule has 0 fully saturated rings. The maximum atomic E-state index is 12.9. The van der Waals surface area contributed by atoms with Gasteiger partial charge in [0.2, 0.25) is 0 Å². The van der Waals surface area contributed by atoms with E-state index < -0.39 is 11.8 Å². The Morgan fingerprint density at radius 3 is 2.70 bits per heavy atom. The van der Waals surface area contributed by atoms with Crippen LogP contribution in [0.1, 0.15) is 21.1 Å². The number of thiophene rings is 1. The number of rotatable bonds is 6. The molecule has 0 amide bonds. The maximum Gasteiger partial charge on any atom is 0.343 e. The van der Waals surface area contributed by atoms with Crippen molar-refractivity contribution in [2.24, 2.45) is 5.73 Å². The number of hydrogen-bond donors (Lipinski definition) is 2. The first-order chi connectivity index (χ1) is 14.4. The van der Waals surface area contributed by atoms with Crippen LogP contribution in [0, 0.1) is 11.8 Å². The molecule has 0 aromatic carbocycles. The quantitative estimate of drug-likeness (QED) is 0.585. The highest BCUT2D eigenvalue weighted by Gasteiger charge is 2.14. The number of nitrogens with zero attached hydrogens (tertiary/aromatic N) is 4. The Labute approximate surface area is 175 Å². The average Bonchev–Trinajstić information content (AvgIpc) is 3.32. The van der Waals surface area contributed by atoms with Gasteiger partial charge in [-0.15, -0.1) is 11.3 Å². The van der Waals surface area contributed by atoms with Gasteiger partial charge in [-0.3, -0.25) is 4.57 Å². The van der Waals surface area contributed by atoms with Crippen LogP contribution in [-0.2, 0) is 13.0 Å². The molecule has 0 aliphatic rings. The molecule has 0 aliphatic heterocycles. The summed E-state index contributed by atoms with van der Waals surface area (Å²) >= 11 is 1.42. The van der Waals surface area contributed by atoms with Gasteiger partial charge in [0.1, 0.15) is 11.6 Å². The first-order valence-corrected chi connectivity index (χ1v) is 9.80. The lowest BCUT2D eigenvalue weighted by molar-refractivity contribution is 0.407. The Balaban J connectivity index is 1.75. The van der Waals surface area contributed by atoms with E-state index >= 15 is 0 Å². The number of nitrogens with one attached hydrogen (secondary N) is 1. The zero-order chi connectivity index (χ0) is 21.7. The Morgan fingerprint density at radius 1 is 1.27 bits per heavy atom. The maximum absolute atomic E-state index is 12.9. The van der Waals surface area contributed by atoms with Gasteiger partial charge in [0.05, 0.1) is 11.4 Å². The van der Waals surface area contributed by atoms with Crippen LogP contribution in [-0.4, -0.2) is 40.4 Å². The van der Waals surface area contributed by atoms with E-state index in [4.69, 9.17) is 5.73 Å². The molecule has 30 heavy (non-hydrogen) atoms. The van der Waals surface area contributed by atoms with Gasteiger partial charge in [0.15, 0.2) is 0 Å². The number of pyridine rings is 1. The number of hydrogen-bond acceptors (Lipinski definition) is 6. The van der Waals surface area contributed by atoms with Crippen LogP contribution in [0.2, 0.25) is 0 Å². The summed E-state index contributed by atoms with van der Waals surface area (Å²) in [5.41, 5.74) is 5.43. The number of aromatic amines is 1. The lowest BCUT2D eigenvalue weighted by Gasteiger charge is -2.09. The fourth-order valence-corrected chi connectivity index (χ4v) is 3.45. The van der Waals surface area contributed by atoms with Crippen molar-refractivity contribution in [3.63, 3.8) is 0 Å². The smallest absolute Gasteiger partial charge is 0.343 e. The summed E-state index contributed by atoms with van der Waals surface area (Å²) in [7, 11) is 3.83. The van der Waals surface area contributed by atoms with E-state index in [0.29, 0.717) is 0 Å². The highest BCUT2D eigenvalue weighted by molar-refractivity contribution is 7.12. The average molecular weight is 430 g/mol. The summed E-state index contributed by atoms with van der Waals surface area (Å²) in [6.07, 6.45) is -0.326. The van der Waals surface area contributed by atoms with E-state index in [1.165, 1.54) is 15.9 Å². The molecule has 3 aromatic heterocycles. The summed E-state index contributed by atoms with van der Waals surface area (Å²) in [5, 5.41) is 6.16. The molecule has 0 saturated heterocycles. The third-order valence-corrected chi connectivity index (χ3v) is 5.22. The second-order valence-electron chi connectivity index (χ2n) is 6.59. The van der Waals surface area contributed by atoms with Crippen LogP contribution < -0.4 is 16.3 Å². The molecule has 3 N–H and O–H groups in total. The van der Waals surface area contributed by atoms with E-state index in [2.05, 4.69) is 27.0 Å². The lowest BCUT2D eigenvalue weighted by atomic mass is 10.2. The Hall–Kier alpha value is -3.29. The van der Waals surface area contributed by atoms with Crippen molar-refractivity contribution in [1.29, 1.82) is 0 Å². The fourth-order valence-electron chi connectivity index (χ4n) is 2.60. The van der Waals surface area contributed by atoms with E-state index in [9.17, 15) is 13.6 Å². The fraction of sp³-hybridized carbons (Fsp3) is 0.250. The van der Waals surface area contributed by atoms with E-state index in [1.807, 2.05) is 43.3 Å². The molecule has 0 spiro atoms. The van der Waals surface area contributed by atoms with E-state index in [0.717, 1.165) is 21.1 Å². The normalized spacial score (nSPS) is 10.4. The number of anilines is 1. The van der Waals surface area contributed by atoms with Crippen LogP contribution in [0.5, 0.6) is 0 Å². The number of halogens is 2. The zero-order valence-corrected chi connectivity index (χ0v) is 17.3. The van der Waals surface area contributed by atoms with Crippen molar-refractivity contribution >= 4 is 17.2 Å². The second-order valence-corrected chi connectivity index (χ2v) is 7.76. The van der Waals surface area contributed by atoms with Crippen molar-refractivity contribution in [3.05, 3.63) is 73.7 Å². The molecule has 10 heteroatoms. The lowest BCUT2D eigenvalue weighted by Crippen LogP contribution is -2.20. The Kier molecular flexibility index (Phi) is 6.76. The molecule has 0 bridgehead atoms. The molecule has 7 nitrogen and oxygen atoms in total. The van der Waals surface area contributed by atoms with Crippen molar-refractivity contribution in [2.45, 2.75) is 13.0 Å². The third-order valence-electron chi connectivity index (χ3n) is 4.23. The molecule has 0 radical (unpaired) electrons. The van der Waals surface area contributed by atoms with Crippen molar-refractivity contribution in [3.8, 4) is 11.8 Å². The van der Waals surface area contributed by atoms with Crippen molar-refractivity contribution < 1.29 is 8.78 Å². The van der Waals surface area contributed by atoms with Gasteiger partial charge in [-0.25, -0.2) is 14.9 Å². The molecular formula is C20H20F2N6OS. The first-order valence-electron chi connectivity index (χ1n) is 8.98. The minimum Gasteiger partial charge on any atom is -0.363 e. The SMILES string of the molecule is CN(C)c1ccc(C#Cc2ccc(Cn3c(CC(CN)=C(F)F)n[nH]c3=O)s2)cn1. The van der Waals surface area contributed by atoms with Gasteiger partial charge in [0, 0.05) is 49.3 Å². The van der Waals surface area contributed by atoms with Crippen LogP contribution in [0.4, 0.5) is 14.6 Å². The Morgan fingerprint density at radius 2 is 2.07 bits per heavy atom. The highest BCUT2D eigenvalue weighted by Crippen LogP contribution is 2.18. The zero-order valence-electron chi connectivity index (χ0n) is 16.4. The topological polar surface area (TPSA) is 92.8 Å². The van der Waals surface area contributed by atoms with Gasteiger partial charge < -0.3 is 10.6 Å². The van der Waals surface area contributed by atoms with Gasteiger partial charge >= 0.3 is 5.69 Å². The minimum atomic E-state index is -1.85. The molecule has 0 atom stereocenters. The van der Waals surface area contributed by atoms with Crippen molar-refractivity contribution in [1.82, 2.24) is 19.7 Å². The summed E-state index contributed by atoms with van der Waals surface area (Å²) in [6.45, 7) is -0.0889. The van der Waals surface area contributed by atoms with Crippen molar-refractivity contribution in [2.75, 3.05) is 25.5 Å². The Bertz CT molecular complexity index is 1160. The molecule has 0 saturated carbocycles. The molecule has 156 valence electrons. The summed E-state index contributed by atoms with van der Waals surface area (Å²) in [4.78, 5) is 19.9. The highest BCUT2D eigenvalue weighted by atomic mass is 32.1. The monoisotopic (exact) mass is 430 g/mol. The number of H-pyrrole nitrogens is 1.